The molecule has 2 aliphatic rings. The van der Waals surface area contributed by atoms with E-state index in [4.69, 9.17) is 16.6 Å². The van der Waals surface area contributed by atoms with E-state index in [9.17, 15) is 4.79 Å². The maximum atomic E-state index is 13.1. The summed E-state index contributed by atoms with van der Waals surface area (Å²) in [5.74, 6) is 1.28. The van der Waals surface area contributed by atoms with Crippen LogP contribution in [0.5, 0.6) is 0 Å². The van der Waals surface area contributed by atoms with Crippen LogP contribution in [0.15, 0.2) is 39.9 Å². The Balaban J connectivity index is 1.48. The first kappa shape index (κ1) is 21.5. The van der Waals surface area contributed by atoms with Crippen molar-refractivity contribution in [2.75, 3.05) is 38.0 Å². The Morgan fingerprint density at radius 3 is 2.61 bits per heavy atom. The summed E-state index contributed by atoms with van der Waals surface area (Å²) in [5, 5.41) is 8.11. The van der Waals surface area contributed by atoms with Crippen molar-refractivity contribution >= 4 is 34.6 Å². The van der Waals surface area contributed by atoms with Crippen molar-refractivity contribution < 1.29 is 9.21 Å². The van der Waals surface area contributed by atoms with Crippen LogP contribution in [0, 0.1) is 6.92 Å². The average molecular weight is 440 g/mol. The molecular weight excluding hydrogens is 410 g/mol. The largest absolute Gasteiger partial charge is 0.455 e. The molecule has 4 rings (SSSR count). The maximum absolute atomic E-state index is 13.1. The molecule has 1 aromatic carbocycles. The predicted molar refractivity (Wildman–Crippen MR) is 127 cm³/mol. The van der Waals surface area contributed by atoms with Gasteiger partial charge in [0.15, 0.2) is 10.9 Å². The SMILES string of the molecule is CCN1CCN(C(=O)c2oc3c(c2C)/C(=N/NC(=S)Nc2ccccc2)CCC3)CC1. The molecule has 0 unspecified atom stereocenters. The van der Waals surface area contributed by atoms with Gasteiger partial charge >= 0.3 is 0 Å². The minimum Gasteiger partial charge on any atom is -0.455 e. The van der Waals surface area contributed by atoms with Gasteiger partial charge in [-0.05, 0) is 50.7 Å². The number of carbonyl (C=O) groups is 1. The number of para-hydroxylation sites is 1. The molecule has 1 fully saturated rings. The van der Waals surface area contributed by atoms with Gasteiger partial charge in [-0.1, -0.05) is 25.1 Å². The zero-order chi connectivity index (χ0) is 21.8. The van der Waals surface area contributed by atoms with Gasteiger partial charge in [0.05, 0.1) is 5.71 Å². The number of likely N-dealkylation sites (N-methyl/N-ethyl adjacent to an activating group) is 1. The number of nitrogens with one attached hydrogen (secondary N) is 2. The number of aryl methyl sites for hydroxylation is 1. The van der Waals surface area contributed by atoms with E-state index in [1.165, 1.54) is 0 Å². The third-order valence-electron chi connectivity index (χ3n) is 5.95. The number of piperazine rings is 1. The smallest absolute Gasteiger partial charge is 0.289 e. The third-order valence-corrected chi connectivity index (χ3v) is 6.14. The molecule has 8 heteroatoms. The standard InChI is InChI=1S/C23H29N5O2S/c1-3-27-12-14-28(15-13-27)22(29)21-16(2)20-18(10-7-11-19(20)30-21)25-26-23(31)24-17-8-5-4-6-9-17/h4-6,8-9H,3,7,10-15H2,1-2H3,(H2,24,26,31)/b25-18+. The topological polar surface area (TPSA) is 73.1 Å². The highest BCUT2D eigenvalue weighted by Crippen LogP contribution is 2.30. The summed E-state index contributed by atoms with van der Waals surface area (Å²) in [7, 11) is 0. The molecule has 0 radical (unpaired) electrons. The molecule has 2 N–H and O–H groups in total. The lowest BCUT2D eigenvalue weighted by Gasteiger charge is -2.33. The molecular formula is C23H29N5O2S. The average Bonchev–Trinajstić information content (AvgIpc) is 3.15. The zero-order valence-corrected chi connectivity index (χ0v) is 18.9. The van der Waals surface area contributed by atoms with Gasteiger partial charge in [-0.2, -0.15) is 5.10 Å². The highest BCUT2D eigenvalue weighted by atomic mass is 32.1. The number of rotatable bonds is 4. The summed E-state index contributed by atoms with van der Waals surface area (Å²) in [6, 6.07) is 9.73. The van der Waals surface area contributed by atoms with E-state index in [1.807, 2.05) is 42.2 Å². The second-order valence-corrected chi connectivity index (χ2v) is 8.33. The number of nitrogens with zero attached hydrogens (tertiary/aromatic N) is 3. The Morgan fingerprint density at radius 1 is 1.16 bits per heavy atom. The highest BCUT2D eigenvalue weighted by Gasteiger charge is 2.31. The molecule has 1 saturated heterocycles. The van der Waals surface area contributed by atoms with Gasteiger partial charge in [0, 0.05) is 49.4 Å². The molecule has 1 amide bonds. The minimum atomic E-state index is -0.0174. The Morgan fingerprint density at radius 2 is 1.90 bits per heavy atom. The number of amides is 1. The molecule has 2 heterocycles. The molecule has 1 aromatic heterocycles. The van der Waals surface area contributed by atoms with Crippen LogP contribution < -0.4 is 10.7 Å². The van der Waals surface area contributed by atoms with E-state index >= 15 is 0 Å². The first-order chi connectivity index (χ1) is 15.1. The van der Waals surface area contributed by atoms with Gasteiger partial charge in [0.2, 0.25) is 0 Å². The van der Waals surface area contributed by atoms with Crippen molar-refractivity contribution in [1.82, 2.24) is 15.2 Å². The van der Waals surface area contributed by atoms with Crippen molar-refractivity contribution in [2.24, 2.45) is 5.10 Å². The van der Waals surface area contributed by atoms with Crippen LogP contribution in [-0.4, -0.2) is 59.3 Å². The number of benzene rings is 1. The number of hydrogen-bond acceptors (Lipinski definition) is 5. The molecule has 164 valence electrons. The Kier molecular flexibility index (Phi) is 6.67. The quantitative estimate of drug-likeness (QED) is 0.562. The number of anilines is 1. The van der Waals surface area contributed by atoms with Gasteiger partial charge in [-0.3, -0.25) is 10.2 Å². The highest BCUT2D eigenvalue weighted by molar-refractivity contribution is 7.80. The first-order valence-electron chi connectivity index (χ1n) is 10.9. The summed E-state index contributed by atoms with van der Waals surface area (Å²) in [6.07, 6.45) is 2.57. The Labute approximate surface area is 188 Å². The van der Waals surface area contributed by atoms with Gasteiger partial charge in [0.25, 0.3) is 5.91 Å². The van der Waals surface area contributed by atoms with Crippen molar-refractivity contribution in [3.05, 3.63) is 53.0 Å². The van der Waals surface area contributed by atoms with Crippen molar-refractivity contribution in [3.63, 3.8) is 0 Å². The fourth-order valence-electron chi connectivity index (χ4n) is 4.19. The lowest BCUT2D eigenvalue weighted by molar-refractivity contribution is 0.0609. The van der Waals surface area contributed by atoms with Gasteiger partial charge in [-0.25, -0.2) is 0 Å². The lowest BCUT2D eigenvalue weighted by Crippen LogP contribution is -2.48. The molecule has 0 bridgehead atoms. The molecule has 1 aliphatic heterocycles. The van der Waals surface area contributed by atoms with Crippen LogP contribution in [0.3, 0.4) is 0 Å². The van der Waals surface area contributed by atoms with Crippen LogP contribution in [-0.2, 0) is 6.42 Å². The summed E-state index contributed by atoms with van der Waals surface area (Å²) >= 11 is 5.37. The number of carbonyl (C=O) groups excluding carboxylic acids is 1. The van der Waals surface area contributed by atoms with Crippen LogP contribution in [0.4, 0.5) is 5.69 Å². The van der Waals surface area contributed by atoms with E-state index in [0.29, 0.717) is 10.9 Å². The second kappa shape index (κ2) is 9.62. The Bertz CT molecular complexity index is 977. The minimum absolute atomic E-state index is 0.0174. The van der Waals surface area contributed by atoms with Crippen LogP contribution >= 0.6 is 12.2 Å². The normalized spacial score (nSPS) is 18.0. The molecule has 0 spiro atoms. The fraction of sp³-hybridized carbons (Fsp3) is 0.435. The van der Waals surface area contributed by atoms with Crippen LogP contribution in [0.25, 0.3) is 0 Å². The molecule has 0 saturated carbocycles. The molecule has 7 nitrogen and oxygen atoms in total. The summed E-state index contributed by atoms with van der Waals surface area (Å²) in [5.41, 5.74) is 6.57. The number of hydrogen-bond donors (Lipinski definition) is 2. The number of hydrazone groups is 1. The molecule has 1 aliphatic carbocycles. The number of furan rings is 1. The summed E-state index contributed by atoms with van der Waals surface area (Å²) in [6.45, 7) is 8.41. The molecule has 0 atom stereocenters. The molecule has 31 heavy (non-hydrogen) atoms. The summed E-state index contributed by atoms with van der Waals surface area (Å²) in [4.78, 5) is 17.4. The van der Waals surface area contributed by atoms with Gasteiger partial charge < -0.3 is 19.5 Å². The van der Waals surface area contributed by atoms with E-state index in [0.717, 1.165) is 80.3 Å². The lowest BCUT2D eigenvalue weighted by atomic mass is 9.93. The maximum Gasteiger partial charge on any atom is 0.289 e. The zero-order valence-electron chi connectivity index (χ0n) is 18.1. The summed E-state index contributed by atoms with van der Waals surface area (Å²) < 4.78 is 6.08. The third kappa shape index (κ3) is 4.80. The van der Waals surface area contributed by atoms with Crippen LogP contribution in [0.2, 0.25) is 0 Å². The Hall–Kier alpha value is -2.71. The monoisotopic (exact) mass is 439 g/mol. The van der Waals surface area contributed by atoms with E-state index in [1.54, 1.807) is 0 Å². The number of thiocarbonyl (C=S) groups is 1. The van der Waals surface area contributed by atoms with Crippen LogP contribution in [0.1, 0.15) is 47.2 Å². The molecule has 2 aromatic rings. The first-order valence-corrected chi connectivity index (χ1v) is 11.3. The van der Waals surface area contributed by atoms with Gasteiger partial charge in [0.1, 0.15) is 5.76 Å². The van der Waals surface area contributed by atoms with Crippen molar-refractivity contribution in [2.45, 2.75) is 33.1 Å². The predicted octanol–water partition coefficient (Wildman–Crippen LogP) is 3.39. The van der Waals surface area contributed by atoms with Crippen molar-refractivity contribution in [3.8, 4) is 0 Å². The second-order valence-electron chi connectivity index (χ2n) is 7.92. The number of fused-ring (bicyclic) bond motifs is 1. The fourth-order valence-corrected chi connectivity index (χ4v) is 4.36. The van der Waals surface area contributed by atoms with E-state index in [-0.39, 0.29) is 5.91 Å². The van der Waals surface area contributed by atoms with Gasteiger partial charge in [-0.15, -0.1) is 0 Å². The van der Waals surface area contributed by atoms with E-state index < -0.39 is 0 Å². The van der Waals surface area contributed by atoms with E-state index in [2.05, 4.69) is 27.7 Å². The van der Waals surface area contributed by atoms with Crippen molar-refractivity contribution in [1.29, 1.82) is 0 Å².